The molecule has 0 spiro atoms. The fourth-order valence-corrected chi connectivity index (χ4v) is 1.82. The normalized spacial score (nSPS) is 13.4. The molecule has 0 saturated heterocycles. The molecule has 1 aromatic carbocycles. The monoisotopic (exact) mass is 257 g/mol. The van der Waals surface area contributed by atoms with Gasteiger partial charge in [0, 0.05) is 24.9 Å². The molecule has 5 heteroatoms. The summed E-state index contributed by atoms with van der Waals surface area (Å²) in [5.41, 5.74) is 6.83. The smallest absolute Gasteiger partial charge is 0.303 e. The average molecular weight is 257 g/mol. The maximum absolute atomic E-state index is 13.4. The standard InChI is InChI=1S/C13H17F2NO2/c1-8-3-4-10(13(2,14)15)9(7-8)11(16)5-6-12(17)18/h3-4,7,11H,5-6,16H2,1-2H3,(H,17,18). The summed E-state index contributed by atoms with van der Waals surface area (Å²) in [5, 5.41) is 8.59. The highest BCUT2D eigenvalue weighted by Crippen LogP contribution is 2.34. The summed E-state index contributed by atoms with van der Waals surface area (Å²) in [5.74, 6) is -3.97. The summed E-state index contributed by atoms with van der Waals surface area (Å²) in [6.45, 7) is 2.59. The molecule has 18 heavy (non-hydrogen) atoms. The van der Waals surface area contributed by atoms with E-state index in [0.717, 1.165) is 12.5 Å². The van der Waals surface area contributed by atoms with Crippen molar-refractivity contribution in [1.29, 1.82) is 0 Å². The second-order valence-corrected chi connectivity index (χ2v) is 4.52. The second-order valence-electron chi connectivity index (χ2n) is 4.52. The minimum Gasteiger partial charge on any atom is -0.481 e. The summed E-state index contributed by atoms with van der Waals surface area (Å²) in [7, 11) is 0. The van der Waals surface area contributed by atoms with Gasteiger partial charge in [-0.15, -0.1) is 0 Å². The Morgan fingerprint density at radius 1 is 1.50 bits per heavy atom. The highest BCUT2D eigenvalue weighted by Gasteiger charge is 2.29. The third kappa shape index (κ3) is 3.77. The molecule has 0 amide bonds. The van der Waals surface area contributed by atoms with Crippen molar-refractivity contribution in [3.63, 3.8) is 0 Å². The lowest BCUT2D eigenvalue weighted by Crippen LogP contribution is -2.19. The van der Waals surface area contributed by atoms with E-state index in [9.17, 15) is 13.6 Å². The lowest BCUT2D eigenvalue weighted by Gasteiger charge is -2.20. The van der Waals surface area contributed by atoms with Crippen molar-refractivity contribution in [2.24, 2.45) is 5.73 Å². The predicted molar refractivity (Wildman–Crippen MR) is 64.5 cm³/mol. The molecule has 100 valence electrons. The van der Waals surface area contributed by atoms with Crippen LogP contribution in [-0.2, 0) is 10.7 Å². The van der Waals surface area contributed by atoms with E-state index in [1.165, 1.54) is 6.07 Å². The van der Waals surface area contributed by atoms with Crippen molar-refractivity contribution < 1.29 is 18.7 Å². The molecule has 1 rings (SSSR count). The van der Waals surface area contributed by atoms with Crippen molar-refractivity contribution in [2.75, 3.05) is 0 Å². The highest BCUT2D eigenvalue weighted by atomic mass is 19.3. The van der Waals surface area contributed by atoms with Gasteiger partial charge < -0.3 is 10.8 Å². The van der Waals surface area contributed by atoms with Gasteiger partial charge >= 0.3 is 5.97 Å². The van der Waals surface area contributed by atoms with E-state index in [1.807, 2.05) is 0 Å². The quantitative estimate of drug-likeness (QED) is 0.852. The summed E-state index contributed by atoms with van der Waals surface area (Å²) < 4.78 is 26.9. The second kappa shape index (κ2) is 5.44. The molecule has 0 radical (unpaired) electrons. The fraction of sp³-hybridized carbons (Fsp3) is 0.462. The van der Waals surface area contributed by atoms with Crippen LogP contribution in [0.5, 0.6) is 0 Å². The molecule has 0 heterocycles. The zero-order chi connectivity index (χ0) is 13.9. The van der Waals surface area contributed by atoms with Crippen LogP contribution in [0.1, 0.15) is 42.5 Å². The largest absolute Gasteiger partial charge is 0.481 e. The lowest BCUT2D eigenvalue weighted by molar-refractivity contribution is -0.137. The van der Waals surface area contributed by atoms with E-state index < -0.39 is 17.9 Å². The number of hydrogen-bond donors (Lipinski definition) is 2. The molecule has 0 aliphatic carbocycles. The lowest BCUT2D eigenvalue weighted by atomic mass is 9.93. The molecule has 0 fully saturated rings. The highest BCUT2D eigenvalue weighted by molar-refractivity contribution is 5.66. The summed E-state index contributed by atoms with van der Waals surface area (Å²) in [6.07, 6.45) is 0.00566. The van der Waals surface area contributed by atoms with Crippen LogP contribution in [0, 0.1) is 6.92 Å². The van der Waals surface area contributed by atoms with E-state index in [2.05, 4.69) is 0 Å². The van der Waals surface area contributed by atoms with Crippen molar-refractivity contribution in [2.45, 2.75) is 38.7 Å². The van der Waals surface area contributed by atoms with Crippen LogP contribution < -0.4 is 5.73 Å². The van der Waals surface area contributed by atoms with Crippen LogP contribution in [0.3, 0.4) is 0 Å². The maximum atomic E-state index is 13.4. The van der Waals surface area contributed by atoms with E-state index >= 15 is 0 Å². The van der Waals surface area contributed by atoms with E-state index in [4.69, 9.17) is 10.8 Å². The van der Waals surface area contributed by atoms with Gasteiger partial charge in [-0.1, -0.05) is 23.8 Å². The molecule has 3 N–H and O–H groups in total. The molecule has 0 aromatic heterocycles. The number of hydrogen-bond acceptors (Lipinski definition) is 2. The third-order valence-corrected chi connectivity index (χ3v) is 2.75. The summed E-state index contributed by atoms with van der Waals surface area (Å²) in [4.78, 5) is 10.5. The van der Waals surface area contributed by atoms with Crippen LogP contribution >= 0.6 is 0 Å². The Kier molecular flexibility index (Phi) is 4.40. The van der Waals surface area contributed by atoms with Gasteiger partial charge in [-0.05, 0) is 18.9 Å². The average Bonchev–Trinajstić information content (AvgIpc) is 2.23. The number of carbonyl (C=O) groups is 1. The first kappa shape index (κ1) is 14.6. The Morgan fingerprint density at radius 2 is 2.11 bits per heavy atom. The SMILES string of the molecule is Cc1ccc(C(C)(F)F)c(C(N)CCC(=O)O)c1. The van der Waals surface area contributed by atoms with E-state index in [-0.39, 0.29) is 18.4 Å². The number of benzene rings is 1. The molecule has 1 aromatic rings. The first-order valence-corrected chi connectivity index (χ1v) is 5.68. The Hall–Kier alpha value is -1.49. The van der Waals surface area contributed by atoms with Crippen molar-refractivity contribution in [1.82, 2.24) is 0 Å². The van der Waals surface area contributed by atoms with E-state index in [0.29, 0.717) is 5.56 Å². The van der Waals surface area contributed by atoms with E-state index in [1.54, 1.807) is 19.1 Å². The molecule has 0 aliphatic rings. The molecule has 0 bridgehead atoms. The number of rotatable bonds is 5. The van der Waals surface area contributed by atoms with Gasteiger partial charge in [0.15, 0.2) is 0 Å². The van der Waals surface area contributed by atoms with Crippen LogP contribution in [0.15, 0.2) is 18.2 Å². The first-order valence-electron chi connectivity index (χ1n) is 5.68. The topological polar surface area (TPSA) is 63.3 Å². The Balaban J connectivity index is 3.05. The molecule has 0 saturated carbocycles. The number of aliphatic carboxylic acids is 1. The zero-order valence-electron chi connectivity index (χ0n) is 10.4. The number of nitrogens with two attached hydrogens (primary N) is 1. The van der Waals surface area contributed by atoms with Crippen molar-refractivity contribution in [3.05, 3.63) is 34.9 Å². The van der Waals surface area contributed by atoms with Crippen molar-refractivity contribution in [3.8, 4) is 0 Å². The summed E-state index contributed by atoms with van der Waals surface area (Å²) in [6, 6.07) is 3.85. The van der Waals surface area contributed by atoms with Gasteiger partial charge in [0.25, 0.3) is 5.92 Å². The number of carboxylic acids is 1. The third-order valence-electron chi connectivity index (χ3n) is 2.75. The van der Waals surface area contributed by atoms with Crippen LogP contribution in [0.2, 0.25) is 0 Å². The van der Waals surface area contributed by atoms with Gasteiger partial charge in [0.05, 0.1) is 0 Å². The van der Waals surface area contributed by atoms with Crippen LogP contribution in [-0.4, -0.2) is 11.1 Å². The molecule has 1 unspecified atom stereocenters. The van der Waals surface area contributed by atoms with Gasteiger partial charge in [-0.25, -0.2) is 8.78 Å². The van der Waals surface area contributed by atoms with Crippen LogP contribution in [0.4, 0.5) is 8.78 Å². The molecule has 3 nitrogen and oxygen atoms in total. The molecular weight excluding hydrogens is 240 g/mol. The summed E-state index contributed by atoms with van der Waals surface area (Å²) >= 11 is 0. The Morgan fingerprint density at radius 3 is 2.61 bits per heavy atom. The van der Waals surface area contributed by atoms with Gasteiger partial charge in [0.1, 0.15) is 0 Å². The van der Waals surface area contributed by atoms with Gasteiger partial charge in [-0.2, -0.15) is 0 Å². The maximum Gasteiger partial charge on any atom is 0.303 e. The fourth-order valence-electron chi connectivity index (χ4n) is 1.82. The minimum atomic E-state index is -2.98. The number of alkyl halides is 2. The zero-order valence-corrected chi connectivity index (χ0v) is 10.4. The number of carboxylic acid groups (broad SMARTS) is 1. The van der Waals surface area contributed by atoms with Crippen molar-refractivity contribution >= 4 is 5.97 Å². The Labute approximate surface area is 105 Å². The first-order chi connectivity index (χ1) is 8.21. The molecule has 1 atom stereocenters. The number of halogens is 2. The minimum absolute atomic E-state index is 0.133. The molecular formula is C13H17F2NO2. The van der Waals surface area contributed by atoms with Crippen LogP contribution in [0.25, 0.3) is 0 Å². The number of aryl methyl sites for hydroxylation is 1. The predicted octanol–water partition coefficient (Wildman–Crippen LogP) is 2.97. The molecule has 0 aliphatic heterocycles. The van der Waals surface area contributed by atoms with Gasteiger partial charge in [0.2, 0.25) is 0 Å². The Bertz CT molecular complexity index is 441. The van der Waals surface area contributed by atoms with Gasteiger partial charge in [-0.3, -0.25) is 4.79 Å².